The fraction of sp³-hybridized carbons (Fsp3) is 0.500. The first-order valence-corrected chi connectivity index (χ1v) is 6.24. The molecule has 0 fully saturated rings. The number of benzene rings is 1. The maximum Gasteiger partial charge on any atom is 0.305 e. The standard InChI is InChI=1S/C14H20FNO3/c1-4-8-16-14(2,9-12(17)18)13-10(15)6-5-7-11(13)19-3/h5-7,16H,4,8-9H2,1-3H3,(H,17,18). The van der Waals surface area contributed by atoms with Gasteiger partial charge < -0.3 is 15.2 Å². The van der Waals surface area contributed by atoms with Crippen LogP contribution >= 0.6 is 0 Å². The molecule has 0 aromatic heterocycles. The molecule has 106 valence electrons. The van der Waals surface area contributed by atoms with E-state index in [9.17, 15) is 9.18 Å². The average Bonchev–Trinajstić information content (AvgIpc) is 2.35. The topological polar surface area (TPSA) is 58.6 Å². The third-order valence-electron chi connectivity index (χ3n) is 3.02. The van der Waals surface area contributed by atoms with Crippen LogP contribution in [0.15, 0.2) is 18.2 Å². The van der Waals surface area contributed by atoms with Gasteiger partial charge >= 0.3 is 5.97 Å². The van der Waals surface area contributed by atoms with Crippen molar-refractivity contribution in [1.82, 2.24) is 5.32 Å². The van der Waals surface area contributed by atoms with E-state index < -0.39 is 17.3 Å². The first kappa shape index (κ1) is 15.4. The van der Waals surface area contributed by atoms with E-state index in [1.165, 1.54) is 13.2 Å². The van der Waals surface area contributed by atoms with E-state index in [0.29, 0.717) is 12.3 Å². The van der Waals surface area contributed by atoms with E-state index >= 15 is 0 Å². The molecule has 0 aliphatic carbocycles. The second kappa shape index (κ2) is 6.52. The van der Waals surface area contributed by atoms with Gasteiger partial charge in [-0.3, -0.25) is 4.79 Å². The summed E-state index contributed by atoms with van der Waals surface area (Å²) >= 11 is 0. The van der Waals surface area contributed by atoms with Gasteiger partial charge in [-0.2, -0.15) is 0 Å². The van der Waals surface area contributed by atoms with Crippen LogP contribution in [0.4, 0.5) is 4.39 Å². The summed E-state index contributed by atoms with van der Waals surface area (Å²) in [4.78, 5) is 11.1. The van der Waals surface area contributed by atoms with Crippen LogP contribution in [0.5, 0.6) is 5.75 Å². The zero-order chi connectivity index (χ0) is 14.5. The first-order chi connectivity index (χ1) is 8.94. The first-order valence-electron chi connectivity index (χ1n) is 6.24. The normalized spacial score (nSPS) is 13.9. The molecule has 19 heavy (non-hydrogen) atoms. The summed E-state index contributed by atoms with van der Waals surface area (Å²) in [6.45, 7) is 4.24. The average molecular weight is 269 g/mol. The molecule has 2 N–H and O–H groups in total. The summed E-state index contributed by atoms with van der Waals surface area (Å²) in [5, 5.41) is 12.2. The number of carbonyl (C=O) groups is 1. The molecule has 1 rings (SSSR count). The lowest BCUT2D eigenvalue weighted by molar-refractivity contribution is -0.138. The van der Waals surface area contributed by atoms with Crippen molar-refractivity contribution in [2.45, 2.75) is 32.2 Å². The van der Waals surface area contributed by atoms with Crippen LogP contribution in [0.25, 0.3) is 0 Å². The van der Waals surface area contributed by atoms with Crippen molar-refractivity contribution < 1.29 is 19.0 Å². The van der Waals surface area contributed by atoms with Gasteiger partial charge in [0.25, 0.3) is 0 Å². The number of ether oxygens (including phenoxy) is 1. The number of carboxylic acids is 1. The lowest BCUT2D eigenvalue weighted by atomic mass is 9.87. The maximum absolute atomic E-state index is 14.1. The summed E-state index contributed by atoms with van der Waals surface area (Å²) in [5.41, 5.74) is -0.744. The highest BCUT2D eigenvalue weighted by molar-refractivity contribution is 5.69. The zero-order valence-electron chi connectivity index (χ0n) is 11.5. The number of hydrogen-bond donors (Lipinski definition) is 2. The van der Waals surface area contributed by atoms with E-state index in [1.807, 2.05) is 6.92 Å². The summed E-state index contributed by atoms with van der Waals surface area (Å²) in [7, 11) is 1.44. The fourth-order valence-corrected chi connectivity index (χ4v) is 2.15. The summed E-state index contributed by atoms with van der Waals surface area (Å²) < 4.78 is 19.3. The zero-order valence-corrected chi connectivity index (χ0v) is 11.5. The molecule has 4 nitrogen and oxygen atoms in total. The van der Waals surface area contributed by atoms with Gasteiger partial charge in [0, 0.05) is 0 Å². The number of nitrogens with one attached hydrogen (secondary N) is 1. The number of methoxy groups -OCH3 is 1. The fourth-order valence-electron chi connectivity index (χ4n) is 2.15. The van der Waals surface area contributed by atoms with E-state index in [2.05, 4.69) is 5.32 Å². The highest BCUT2D eigenvalue weighted by Crippen LogP contribution is 2.34. The van der Waals surface area contributed by atoms with E-state index in [4.69, 9.17) is 9.84 Å². The number of carboxylic acid groups (broad SMARTS) is 1. The van der Waals surface area contributed by atoms with Gasteiger partial charge in [-0.25, -0.2) is 4.39 Å². The lowest BCUT2D eigenvalue weighted by Gasteiger charge is -2.31. The third kappa shape index (κ3) is 3.67. The second-order valence-corrected chi connectivity index (χ2v) is 4.65. The second-order valence-electron chi connectivity index (χ2n) is 4.65. The molecule has 0 amide bonds. The Balaban J connectivity index is 3.27. The Kier molecular flexibility index (Phi) is 5.30. The van der Waals surface area contributed by atoms with Crippen molar-refractivity contribution >= 4 is 5.97 Å². The molecule has 5 heteroatoms. The highest BCUT2D eigenvalue weighted by Gasteiger charge is 2.34. The smallest absolute Gasteiger partial charge is 0.305 e. The Bertz CT molecular complexity index is 450. The van der Waals surface area contributed by atoms with Crippen LogP contribution < -0.4 is 10.1 Å². The monoisotopic (exact) mass is 269 g/mol. The van der Waals surface area contributed by atoms with Crippen molar-refractivity contribution in [1.29, 1.82) is 0 Å². The molecule has 1 aromatic rings. The number of hydrogen-bond acceptors (Lipinski definition) is 3. The molecule has 0 heterocycles. The lowest BCUT2D eigenvalue weighted by Crippen LogP contribution is -2.42. The predicted octanol–water partition coefficient (Wildman–Crippen LogP) is 2.52. The molecule has 1 aromatic carbocycles. The Morgan fingerprint density at radius 1 is 1.53 bits per heavy atom. The Morgan fingerprint density at radius 3 is 2.74 bits per heavy atom. The molecule has 0 saturated heterocycles. The minimum atomic E-state index is -1.00. The molecule has 0 radical (unpaired) electrons. The van der Waals surface area contributed by atoms with Crippen LogP contribution in [0.3, 0.4) is 0 Å². The SMILES string of the molecule is CCCNC(C)(CC(=O)O)c1c(F)cccc1OC. The Hall–Kier alpha value is -1.62. The van der Waals surface area contributed by atoms with E-state index in [-0.39, 0.29) is 12.0 Å². The summed E-state index contributed by atoms with van der Waals surface area (Å²) in [6.07, 6.45) is 0.607. The molecule has 1 unspecified atom stereocenters. The van der Waals surface area contributed by atoms with Gasteiger partial charge in [0.1, 0.15) is 11.6 Å². The number of rotatable bonds is 7. The molecule has 0 saturated carbocycles. The maximum atomic E-state index is 14.1. The predicted molar refractivity (Wildman–Crippen MR) is 70.9 cm³/mol. The highest BCUT2D eigenvalue weighted by atomic mass is 19.1. The molecular weight excluding hydrogens is 249 g/mol. The van der Waals surface area contributed by atoms with Gasteiger partial charge in [-0.05, 0) is 32.0 Å². The van der Waals surface area contributed by atoms with Crippen LogP contribution in [-0.2, 0) is 10.3 Å². The molecule has 1 atom stereocenters. The number of aliphatic carboxylic acids is 1. The Morgan fingerprint density at radius 2 is 2.21 bits per heavy atom. The van der Waals surface area contributed by atoms with Crippen molar-refractivity contribution in [2.24, 2.45) is 0 Å². The molecule has 0 bridgehead atoms. The minimum absolute atomic E-state index is 0.218. The number of halogens is 1. The quantitative estimate of drug-likeness (QED) is 0.798. The summed E-state index contributed by atoms with van der Waals surface area (Å²) in [5.74, 6) is -1.10. The van der Waals surface area contributed by atoms with Gasteiger partial charge in [-0.1, -0.05) is 13.0 Å². The van der Waals surface area contributed by atoms with Crippen LogP contribution in [-0.4, -0.2) is 24.7 Å². The molecule has 0 aliphatic rings. The molecule has 0 spiro atoms. The van der Waals surface area contributed by atoms with Crippen molar-refractivity contribution in [3.8, 4) is 5.75 Å². The summed E-state index contributed by atoms with van der Waals surface area (Å²) in [6, 6.07) is 4.48. The third-order valence-corrected chi connectivity index (χ3v) is 3.02. The van der Waals surface area contributed by atoms with Gasteiger partial charge in [0.15, 0.2) is 0 Å². The Labute approximate surface area is 112 Å². The van der Waals surface area contributed by atoms with E-state index in [0.717, 1.165) is 6.42 Å². The van der Waals surface area contributed by atoms with Crippen molar-refractivity contribution in [3.05, 3.63) is 29.6 Å². The van der Waals surface area contributed by atoms with E-state index in [1.54, 1.807) is 19.1 Å². The van der Waals surface area contributed by atoms with Crippen LogP contribution in [0, 0.1) is 5.82 Å². The van der Waals surface area contributed by atoms with Gasteiger partial charge in [0.2, 0.25) is 0 Å². The van der Waals surface area contributed by atoms with Gasteiger partial charge in [0.05, 0.1) is 24.6 Å². The van der Waals surface area contributed by atoms with Crippen LogP contribution in [0.2, 0.25) is 0 Å². The minimum Gasteiger partial charge on any atom is -0.496 e. The van der Waals surface area contributed by atoms with Crippen LogP contribution in [0.1, 0.15) is 32.3 Å². The molecule has 0 aliphatic heterocycles. The van der Waals surface area contributed by atoms with Crippen molar-refractivity contribution in [2.75, 3.05) is 13.7 Å². The molecular formula is C14H20FNO3. The largest absolute Gasteiger partial charge is 0.496 e. The van der Waals surface area contributed by atoms with Crippen molar-refractivity contribution in [3.63, 3.8) is 0 Å². The van der Waals surface area contributed by atoms with Gasteiger partial charge in [-0.15, -0.1) is 0 Å².